The first kappa shape index (κ1) is 20.6. The molecule has 0 aliphatic heterocycles. The highest BCUT2D eigenvalue weighted by Gasteiger charge is 2.25. The average Bonchev–Trinajstić information content (AvgIpc) is 2.54. The fourth-order valence-electron chi connectivity index (χ4n) is 3.12. The third kappa shape index (κ3) is 4.71. The molecule has 0 amide bonds. The third-order valence-electron chi connectivity index (χ3n) is 4.47. The van der Waals surface area contributed by atoms with Crippen molar-refractivity contribution < 1.29 is 14.6 Å². The van der Waals surface area contributed by atoms with Crippen molar-refractivity contribution in [3.8, 4) is 29.2 Å². The summed E-state index contributed by atoms with van der Waals surface area (Å²) in [4.78, 5) is 10.9. The van der Waals surface area contributed by atoms with Crippen molar-refractivity contribution in [3.05, 3.63) is 52.6 Å². The van der Waals surface area contributed by atoms with Crippen molar-refractivity contribution in [2.75, 3.05) is 0 Å². The van der Waals surface area contributed by atoms with Crippen LogP contribution in [-0.4, -0.2) is 17.2 Å². The van der Waals surface area contributed by atoms with Crippen LogP contribution in [-0.2, 0) is 16.6 Å². The molecule has 0 saturated heterocycles. The Morgan fingerprint density at radius 1 is 1.22 bits per heavy atom. The molecule has 0 saturated carbocycles. The van der Waals surface area contributed by atoms with E-state index in [2.05, 4.69) is 32.8 Å². The van der Waals surface area contributed by atoms with Gasteiger partial charge < -0.3 is 9.84 Å². The van der Waals surface area contributed by atoms with E-state index in [1.807, 2.05) is 45.0 Å². The highest BCUT2D eigenvalue weighted by Crippen LogP contribution is 2.41. The first-order chi connectivity index (χ1) is 12.5. The zero-order valence-electron chi connectivity index (χ0n) is 17.0. The van der Waals surface area contributed by atoms with Gasteiger partial charge in [0.15, 0.2) is 0 Å². The molecule has 0 spiro atoms. The summed E-state index contributed by atoms with van der Waals surface area (Å²) in [6.07, 6.45) is 5.91. The van der Waals surface area contributed by atoms with Crippen LogP contribution in [0.3, 0.4) is 0 Å². The third-order valence-corrected chi connectivity index (χ3v) is 4.47. The first-order valence-electron chi connectivity index (χ1n) is 9.17. The predicted molar refractivity (Wildman–Crippen MR) is 110 cm³/mol. The minimum Gasteiger partial charge on any atom is -0.489 e. The summed E-state index contributed by atoms with van der Waals surface area (Å²) in [6.45, 7) is 12.4. The number of aliphatic carboxylic acids is 1. The summed E-state index contributed by atoms with van der Waals surface area (Å²) in [5.74, 6) is 2.77. The maximum absolute atomic E-state index is 10.9. The van der Waals surface area contributed by atoms with Crippen LogP contribution >= 0.6 is 0 Å². The van der Waals surface area contributed by atoms with E-state index in [0.717, 1.165) is 39.1 Å². The molecule has 3 heteroatoms. The van der Waals surface area contributed by atoms with Gasteiger partial charge in [-0.25, -0.2) is 0 Å². The molecule has 2 rings (SSSR count). The van der Waals surface area contributed by atoms with Crippen LogP contribution in [0.4, 0.5) is 0 Å². The Bertz CT molecular complexity index is 876. The summed E-state index contributed by atoms with van der Waals surface area (Å²) in [7, 11) is 0. The van der Waals surface area contributed by atoms with Gasteiger partial charge in [-0.2, -0.15) is 0 Å². The van der Waals surface area contributed by atoms with Crippen LogP contribution < -0.4 is 4.74 Å². The standard InChI is InChI=1S/C24H28O3/c1-8-19-16(4)20(18-11-9-17(10-12-18)13-22(25)26)14-21(24(5,6)7)23(19)27-15(2)3/h1,9-12,14-15H,13H2,2-7H3,(H,25,26). The molecule has 142 valence electrons. The van der Waals surface area contributed by atoms with Gasteiger partial charge in [0.05, 0.1) is 18.1 Å². The second-order valence-corrected chi connectivity index (χ2v) is 8.13. The van der Waals surface area contributed by atoms with Crippen LogP contribution in [0, 0.1) is 19.3 Å². The Labute approximate surface area is 162 Å². The van der Waals surface area contributed by atoms with Gasteiger partial charge in [0.1, 0.15) is 5.75 Å². The minimum atomic E-state index is -0.834. The van der Waals surface area contributed by atoms with Crippen LogP contribution in [0.1, 0.15) is 56.9 Å². The smallest absolute Gasteiger partial charge is 0.307 e. The van der Waals surface area contributed by atoms with Crippen molar-refractivity contribution in [1.29, 1.82) is 0 Å². The zero-order valence-corrected chi connectivity index (χ0v) is 17.0. The van der Waals surface area contributed by atoms with Crippen LogP contribution in [0.5, 0.6) is 5.75 Å². The molecule has 0 unspecified atom stereocenters. The molecule has 0 aliphatic carbocycles. The van der Waals surface area contributed by atoms with Crippen molar-refractivity contribution in [1.82, 2.24) is 0 Å². The molecular formula is C24H28O3. The number of carboxylic acids is 1. The fraction of sp³-hybridized carbons (Fsp3) is 0.375. The van der Waals surface area contributed by atoms with Crippen LogP contribution in [0.2, 0.25) is 0 Å². The van der Waals surface area contributed by atoms with Gasteiger partial charge in [-0.05, 0) is 54.5 Å². The first-order valence-corrected chi connectivity index (χ1v) is 9.17. The number of carboxylic acid groups (broad SMARTS) is 1. The van der Waals surface area contributed by atoms with Gasteiger partial charge in [-0.3, -0.25) is 4.79 Å². The van der Waals surface area contributed by atoms with E-state index >= 15 is 0 Å². The summed E-state index contributed by atoms with van der Waals surface area (Å²) < 4.78 is 6.12. The average molecular weight is 364 g/mol. The summed E-state index contributed by atoms with van der Waals surface area (Å²) in [6, 6.07) is 9.77. The predicted octanol–water partition coefficient (Wildman–Crippen LogP) is 5.36. The molecule has 0 aromatic heterocycles. The minimum absolute atomic E-state index is 0.0171. The van der Waals surface area contributed by atoms with E-state index in [0.29, 0.717) is 0 Å². The number of hydrogen-bond donors (Lipinski definition) is 1. The van der Waals surface area contributed by atoms with E-state index in [-0.39, 0.29) is 17.9 Å². The zero-order chi connectivity index (χ0) is 20.4. The van der Waals surface area contributed by atoms with Crippen molar-refractivity contribution >= 4 is 5.97 Å². The lowest BCUT2D eigenvalue weighted by atomic mass is 9.81. The molecular weight excluding hydrogens is 336 g/mol. The Balaban J connectivity index is 2.67. The van der Waals surface area contributed by atoms with Gasteiger partial charge in [0.25, 0.3) is 0 Å². The van der Waals surface area contributed by atoms with Crippen LogP contribution in [0.25, 0.3) is 11.1 Å². The molecule has 0 radical (unpaired) electrons. The number of terminal acetylenes is 1. The van der Waals surface area contributed by atoms with Crippen molar-refractivity contribution in [2.24, 2.45) is 0 Å². The highest BCUT2D eigenvalue weighted by molar-refractivity contribution is 5.76. The molecule has 0 aliphatic rings. The molecule has 0 bridgehead atoms. The lowest BCUT2D eigenvalue weighted by Crippen LogP contribution is -2.18. The van der Waals surface area contributed by atoms with Gasteiger partial charge in [-0.1, -0.05) is 51.0 Å². The quantitative estimate of drug-likeness (QED) is 0.727. The normalized spacial score (nSPS) is 11.3. The molecule has 0 atom stereocenters. The van der Waals surface area contributed by atoms with Gasteiger partial charge in [0, 0.05) is 5.56 Å². The topological polar surface area (TPSA) is 46.5 Å². The van der Waals surface area contributed by atoms with E-state index in [9.17, 15) is 4.79 Å². The largest absolute Gasteiger partial charge is 0.489 e. The lowest BCUT2D eigenvalue weighted by Gasteiger charge is -2.27. The SMILES string of the molecule is C#Cc1c(C)c(-c2ccc(CC(=O)O)cc2)cc(C(C)(C)C)c1OC(C)C. The van der Waals surface area contributed by atoms with E-state index in [1.165, 1.54) is 0 Å². The molecule has 2 aromatic rings. The van der Waals surface area contributed by atoms with Crippen LogP contribution in [0.15, 0.2) is 30.3 Å². The fourth-order valence-corrected chi connectivity index (χ4v) is 3.12. The summed E-state index contributed by atoms with van der Waals surface area (Å²) >= 11 is 0. The highest BCUT2D eigenvalue weighted by atomic mass is 16.5. The molecule has 1 N–H and O–H groups in total. The maximum atomic E-state index is 10.9. The van der Waals surface area contributed by atoms with Crippen molar-refractivity contribution in [2.45, 2.75) is 59.5 Å². The monoisotopic (exact) mass is 364 g/mol. The second kappa shape index (κ2) is 7.88. The Morgan fingerprint density at radius 3 is 2.26 bits per heavy atom. The number of benzene rings is 2. The Hall–Kier alpha value is -2.73. The number of hydrogen-bond acceptors (Lipinski definition) is 2. The number of rotatable bonds is 5. The van der Waals surface area contributed by atoms with Crippen molar-refractivity contribution in [3.63, 3.8) is 0 Å². The number of ether oxygens (including phenoxy) is 1. The van der Waals surface area contributed by atoms with E-state index < -0.39 is 5.97 Å². The van der Waals surface area contributed by atoms with E-state index in [4.69, 9.17) is 16.3 Å². The molecule has 0 fully saturated rings. The Kier molecular flexibility index (Phi) is 6.01. The van der Waals surface area contributed by atoms with Gasteiger partial charge >= 0.3 is 5.97 Å². The molecule has 0 heterocycles. The molecule has 3 nitrogen and oxygen atoms in total. The maximum Gasteiger partial charge on any atom is 0.307 e. The molecule has 27 heavy (non-hydrogen) atoms. The molecule has 2 aromatic carbocycles. The summed E-state index contributed by atoms with van der Waals surface area (Å²) in [5.41, 5.74) is 5.54. The lowest BCUT2D eigenvalue weighted by molar-refractivity contribution is -0.136. The number of carbonyl (C=O) groups is 1. The van der Waals surface area contributed by atoms with E-state index in [1.54, 1.807) is 0 Å². The summed E-state index contributed by atoms with van der Waals surface area (Å²) in [5, 5.41) is 8.96. The second-order valence-electron chi connectivity index (χ2n) is 8.13. The van der Waals surface area contributed by atoms with Gasteiger partial charge in [0.2, 0.25) is 0 Å². The van der Waals surface area contributed by atoms with Gasteiger partial charge in [-0.15, -0.1) is 6.42 Å². The Morgan fingerprint density at radius 2 is 1.81 bits per heavy atom.